The Balaban J connectivity index is 2.53. The van der Waals surface area contributed by atoms with E-state index in [2.05, 4.69) is 5.32 Å². The molecule has 0 unspecified atom stereocenters. The van der Waals surface area contributed by atoms with Gasteiger partial charge >= 0.3 is 12.0 Å². The summed E-state index contributed by atoms with van der Waals surface area (Å²) in [5.74, 6) is -0.899. The van der Waals surface area contributed by atoms with Crippen molar-refractivity contribution < 1.29 is 14.7 Å². The van der Waals surface area contributed by atoms with Crippen LogP contribution in [0.5, 0.6) is 0 Å². The lowest BCUT2D eigenvalue weighted by Crippen LogP contribution is -2.51. The van der Waals surface area contributed by atoms with Gasteiger partial charge in [-0.2, -0.15) is 0 Å². The lowest BCUT2D eigenvalue weighted by Gasteiger charge is -2.30. The average Bonchev–Trinajstić information content (AvgIpc) is 2.93. The largest absolute Gasteiger partial charge is 0.481 e. The van der Waals surface area contributed by atoms with Gasteiger partial charge in [0.05, 0.1) is 6.42 Å². The van der Waals surface area contributed by atoms with Crippen LogP contribution in [0, 0.1) is 0 Å². The summed E-state index contributed by atoms with van der Waals surface area (Å²) in [6.45, 7) is 6.23. The van der Waals surface area contributed by atoms with Crippen LogP contribution in [0.25, 0.3) is 0 Å². The fourth-order valence-corrected chi connectivity index (χ4v) is 1.86. The molecule has 1 rings (SSSR count). The predicted octanol–water partition coefficient (Wildman–Crippen LogP) is 1.82. The van der Waals surface area contributed by atoms with E-state index in [0.29, 0.717) is 6.04 Å². The molecule has 0 atom stereocenters. The van der Waals surface area contributed by atoms with Gasteiger partial charge in [0.25, 0.3) is 0 Å². The Morgan fingerprint density at radius 3 is 2.41 bits per heavy atom. The van der Waals surface area contributed by atoms with Crippen molar-refractivity contribution in [3.63, 3.8) is 0 Å². The zero-order chi connectivity index (χ0) is 13.1. The highest BCUT2D eigenvalue weighted by atomic mass is 16.4. The van der Waals surface area contributed by atoms with Crippen LogP contribution in [-0.2, 0) is 4.79 Å². The fraction of sp³-hybridized carbons (Fsp3) is 0.833. The Hall–Kier alpha value is -1.26. The number of amides is 2. The molecule has 0 aromatic carbocycles. The Morgan fingerprint density at radius 2 is 2.00 bits per heavy atom. The third-order valence-corrected chi connectivity index (χ3v) is 2.75. The minimum absolute atomic E-state index is 0.0661. The van der Waals surface area contributed by atoms with Crippen molar-refractivity contribution in [1.29, 1.82) is 0 Å². The van der Waals surface area contributed by atoms with E-state index >= 15 is 0 Å². The third-order valence-electron chi connectivity index (χ3n) is 2.75. The number of urea groups is 1. The molecule has 5 heteroatoms. The highest BCUT2D eigenvalue weighted by Crippen LogP contribution is 2.27. The molecule has 0 spiro atoms. The average molecular weight is 242 g/mol. The summed E-state index contributed by atoms with van der Waals surface area (Å²) in [6, 6.07) is 0.219. The van der Waals surface area contributed by atoms with E-state index in [4.69, 9.17) is 5.11 Å². The summed E-state index contributed by atoms with van der Waals surface area (Å²) in [5.41, 5.74) is -0.705. The second-order valence-electron chi connectivity index (χ2n) is 5.31. The minimum atomic E-state index is -0.899. The quantitative estimate of drug-likeness (QED) is 0.746. The van der Waals surface area contributed by atoms with Crippen LogP contribution in [0.1, 0.15) is 46.5 Å². The standard InChI is InChI=1S/C12H22N2O3/c1-4-7-14(9-5-6-9)11(17)13-12(2,3)8-10(15)16/h9H,4-8H2,1-3H3,(H,13,17)(H,15,16). The van der Waals surface area contributed by atoms with E-state index in [9.17, 15) is 9.59 Å². The monoisotopic (exact) mass is 242 g/mol. The molecule has 1 fully saturated rings. The van der Waals surface area contributed by atoms with Gasteiger partial charge in [-0.15, -0.1) is 0 Å². The number of nitrogens with zero attached hydrogens (tertiary/aromatic N) is 1. The second-order valence-corrected chi connectivity index (χ2v) is 5.31. The smallest absolute Gasteiger partial charge is 0.318 e. The number of nitrogens with one attached hydrogen (secondary N) is 1. The molecular formula is C12H22N2O3. The Kier molecular flexibility index (Phi) is 4.37. The molecule has 2 N–H and O–H groups in total. The molecule has 17 heavy (non-hydrogen) atoms. The third kappa shape index (κ3) is 4.63. The molecule has 1 aliphatic rings. The molecule has 2 amide bonds. The van der Waals surface area contributed by atoms with Gasteiger partial charge in [0.2, 0.25) is 0 Å². The maximum atomic E-state index is 12.0. The van der Waals surface area contributed by atoms with Crippen LogP contribution in [0.2, 0.25) is 0 Å². The summed E-state index contributed by atoms with van der Waals surface area (Å²) in [7, 11) is 0. The van der Waals surface area contributed by atoms with E-state index in [1.54, 1.807) is 13.8 Å². The van der Waals surface area contributed by atoms with E-state index in [1.165, 1.54) is 0 Å². The summed E-state index contributed by atoms with van der Waals surface area (Å²) < 4.78 is 0. The number of aliphatic carboxylic acids is 1. The van der Waals surface area contributed by atoms with Gasteiger partial charge in [-0.05, 0) is 33.1 Å². The molecule has 0 bridgehead atoms. The van der Waals surface area contributed by atoms with Crippen molar-refractivity contribution in [1.82, 2.24) is 10.2 Å². The summed E-state index contributed by atoms with van der Waals surface area (Å²) in [5, 5.41) is 11.6. The van der Waals surface area contributed by atoms with Crippen LogP contribution in [0.3, 0.4) is 0 Å². The summed E-state index contributed by atoms with van der Waals surface area (Å²) in [6.07, 6.45) is 2.98. The van der Waals surface area contributed by atoms with Crippen molar-refractivity contribution in [2.45, 2.75) is 58.0 Å². The van der Waals surface area contributed by atoms with Crippen LogP contribution in [0.4, 0.5) is 4.79 Å². The van der Waals surface area contributed by atoms with Crippen LogP contribution in [-0.4, -0.2) is 40.1 Å². The molecule has 0 aromatic heterocycles. The van der Waals surface area contributed by atoms with Gasteiger partial charge in [0.1, 0.15) is 0 Å². The topological polar surface area (TPSA) is 69.6 Å². The van der Waals surface area contributed by atoms with Crippen molar-refractivity contribution in [3.8, 4) is 0 Å². The molecule has 0 aliphatic heterocycles. The zero-order valence-electron chi connectivity index (χ0n) is 10.8. The number of rotatable bonds is 6. The van der Waals surface area contributed by atoms with Gasteiger partial charge in [-0.25, -0.2) is 4.79 Å². The van der Waals surface area contributed by atoms with Gasteiger partial charge in [0.15, 0.2) is 0 Å². The zero-order valence-corrected chi connectivity index (χ0v) is 10.8. The van der Waals surface area contributed by atoms with Crippen molar-refractivity contribution in [2.75, 3.05) is 6.54 Å². The first-order chi connectivity index (χ1) is 7.85. The minimum Gasteiger partial charge on any atom is -0.481 e. The van der Waals surface area contributed by atoms with E-state index < -0.39 is 11.5 Å². The Labute approximate surface area is 102 Å². The van der Waals surface area contributed by atoms with Gasteiger partial charge in [-0.1, -0.05) is 6.92 Å². The molecule has 1 saturated carbocycles. The van der Waals surface area contributed by atoms with Crippen molar-refractivity contribution in [3.05, 3.63) is 0 Å². The summed E-state index contributed by atoms with van der Waals surface area (Å²) in [4.78, 5) is 24.5. The SMILES string of the molecule is CCCN(C(=O)NC(C)(C)CC(=O)O)C1CC1. The van der Waals surface area contributed by atoms with Gasteiger partial charge < -0.3 is 15.3 Å². The lowest BCUT2D eigenvalue weighted by molar-refractivity contribution is -0.138. The molecular weight excluding hydrogens is 220 g/mol. The number of hydrogen-bond acceptors (Lipinski definition) is 2. The van der Waals surface area contributed by atoms with Crippen molar-refractivity contribution >= 4 is 12.0 Å². The number of hydrogen-bond donors (Lipinski definition) is 2. The summed E-state index contributed by atoms with van der Waals surface area (Å²) >= 11 is 0. The first kappa shape index (κ1) is 13.8. The maximum absolute atomic E-state index is 12.0. The Bertz CT molecular complexity index is 298. The molecule has 0 radical (unpaired) electrons. The first-order valence-corrected chi connectivity index (χ1v) is 6.16. The van der Waals surface area contributed by atoms with E-state index in [-0.39, 0.29) is 12.5 Å². The number of carboxylic acid groups (broad SMARTS) is 1. The van der Waals surface area contributed by atoms with Gasteiger partial charge in [0, 0.05) is 18.1 Å². The first-order valence-electron chi connectivity index (χ1n) is 6.16. The Morgan fingerprint density at radius 1 is 1.41 bits per heavy atom. The fourth-order valence-electron chi connectivity index (χ4n) is 1.86. The van der Waals surface area contributed by atoms with E-state index in [1.807, 2.05) is 11.8 Å². The second kappa shape index (κ2) is 5.38. The maximum Gasteiger partial charge on any atom is 0.318 e. The lowest BCUT2D eigenvalue weighted by atomic mass is 10.0. The van der Waals surface area contributed by atoms with Crippen molar-refractivity contribution in [2.24, 2.45) is 0 Å². The highest BCUT2D eigenvalue weighted by molar-refractivity contribution is 5.77. The van der Waals surface area contributed by atoms with Crippen LogP contribution >= 0.6 is 0 Å². The number of carbonyl (C=O) groups is 2. The van der Waals surface area contributed by atoms with Crippen LogP contribution < -0.4 is 5.32 Å². The van der Waals surface area contributed by atoms with E-state index in [0.717, 1.165) is 25.8 Å². The highest BCUT2D eigenvalue weighted by Gasteiger charge is 2.34. The number of carboxylic acids is 1. The van der Waals surface area contributed by atoms with Crippen LogP contribution in [0.15, 0.2) is 0 Å². The number of carbonyl (C=O) groups excluding carboxylic acids is 1. The molecule has 1 aliphatic carbocycles. The normalized spacial score (nSPS) is 15.5. The van der Waals surface area contributed by atoms with Gasteiger partial charge in [-0.3, -0.25) is 4.79 Å². The molecule has 0 saturated heterocycles. The molecule has 5 nitrogen and oxygen atoms in total. The molecule has 98 valence electrons. The molecule has 0 aromatic rings. The predicted molar refractivity (Wildman–Crippen MR) is 64.9 cm³/mol. The molecule has 0 heterocycles.